The van der Waals surface area contributed by atoms with Crippen LogP contribution in [0.4, 0.5) is 0 Å². The van der Waals surface area contributed by atoms with E-state index in [0.29, 0.717) is 17.6 Å². The van der Waals surface area contributed by atoms with Gasteiger partial charge in [0.1, 0.15) is 0 Å². The minimum atomic E-state index is -0.150. The number of benzene rings is 1. The van der Waals surface area contributed by atoms with Crippen LogP contribution in [0.1, 0.15) is 43.0 Å². The van der Waals surface area contributed by atoms with E-state index in [4.69, 9.17) is 0 Å². The summed E-state index contributed by atoms with van der Waals surface area (Å²) in [6.45, 7) is 5.25. The zero-order valence-corrected chi connectivity index (χ0v) is 15.0. The molecule has 6 heteroatoms. The number of carbonyl (C=O) groups excluding carboxylic acids is 1. The maximum absolute atomic E-state index is 13.2. The number of fused-ring (bicyclic) bond motifs is 1. The molecule has 3 heterocycles. The highest BCUT2D eigenvalue weighted by Gasteiger charge is 2.39. The Morgan fingerprint density at radius 2 is 1.96 bits per heavy atom. The minimum absolute atomic E-state index is 0.0945. The molecule has 2 aliphatic rings. The molecule has 1 aromatic carbocycles. The van der Waals surface area contributed by atoms with Gasteiger partial charge in [-0.3, -0.25) is 14.3 Å². The van der Waals surface area contributed by atoms with E-state index in [1.807, 2.05) is 18.2 Å². The summed E-state index contributed by atoms with van der Waals surface area (Å²) in [4.78, 5) is 32.3. The van der Waals surface area contributed by atoms with Crippen molar-refractivity contribution in [3.05, 3.63) is 34.2 Å². The van der Waals surface area contributed by atoms with Gasteiger partial charge < -0.3 is 9.88 Å². The van der Waals surface area contributed by atoms with E-state index in [1.165, 1.54) is 12.8 Å². The fourth-order valence-corrected chi connectivity index (χ4v) is 4.66. The predicted octanol–water partition coefficient (Wildman–Crippen LogP) is 1.96. The van der Waals surface area contributed by atoms with Gasteiger partial charge in [-0.1, -0.05) is 6.92 Å². The molecule has 0 radical (unpaired) electrons. The van der Waals surface area contributed by atoms with Gasteiger partial charge in [-0.05, 0) is 57.0 Å². The molecule has 2 aliphatic heterocycles. The third kappa shape index (κ3) is 2.68. The number of hydrogen-bond acceptors (Lipinski definition) is 3. The molecule has 2 saturated heterocycles. The van der Waals surface area contributed by atoms with Gasteiger partial charge in [0.15, 0.2) is 0 Å². The van der Waals surface area contributed by atoms with Crippen LogP contribution in [0, 0.1) is 0 Å². The second-order valence-corrected chi connectivity index (χ2v) is 7.27. The Hall–Kier alpha value is -2.08. The number of aromatic nitrogens is 2. The van der Waals surface area contributed by atoms with Gasteiger partial charge in [0, 0.05) is 31.2 Å². The van der Waals surface area contributed by atoms with Gasteiger partial charge in [0.2, 0.25) is 0 Å². The van der Waals surface area contributed by atoms with Gasteiger partial charge in [0.05, 0.1) is 11.0 Å². The minimum Gasteiger partial charge on any atom is -0.334 e. The zero-order chi connectivity index (χ0) is 17.6. The maximum atomic E-state index is 13.2. The normalized spacial score (nSPS) is 24.5. The van der Waals surface area contributed by atoms with Gasteiger partial charge >= 0.3 is 5.69 Å². The van der Waals surface area contributed by atoms with Crippen molar-refractivity contribution in [2.45, 2.75) is 44.7 Å². The Bertz CT molecular complexity index is 853. The molecule has 6 nitrogen and oxygen atoms in total. The lowest BCUT2D eigenvalue weighted by Gasteiger charge is -2.34. The van der Waals surface area contributed by atoms with Gasteiger partial charge in [0.25, 0.3) is 5.91 Å². The van der Waals surface area contributed by atoms with Crippen LogP contribution in [0.2, 0.25) is 0 Å². The van der Waals surface area contributed by atoms with E-state index in [1.54, 1.807) is 11.6 Å². The summed E-state index contributed by atoms with van der Waals surface area (Å²) in [7, 11) is 1.73. The van der Waals surface area contributed by atoms with Crippen molar-refractivity contribution in [1.82, 2.24) is 19.4 Å². The van der Waals surface area contributed by atoms with Crippen LogP contribution in [-0.2, 0) is 7.05 Å². The number of aryl methyl sites for hydroxylation is 1. The fourth-order valence-electron chi connectivity index (χ4n) is 4.66. The van der Waals surface area contributed by atoms with E-state index < -0.39 is 0 Å². The highest BCUT2D eigenvalue weighted by atomic mass is 16.2. The van der Waals surface area contributed by atoms with Crippen molar-refractivity contribution in [1.29, 1.82) is 0 Å². The van der Waals surface area contributed by atoms with E-state index in [-0.39, 0.29) is 11.6 Å². The first-order valence-electron chi connectivity index (χ1n) is 9.34. The first-order valence-corrected chi connectivity index (χ1v) is 9.34. The molecule has 0 bridgehead atoms. The molecule has 2 aromatic rings. The molecule has 25 heavy (non-hydrogen) atoms. The van der Waals surface area contributed by atoms with Gasteiger partial charge in [-0.25, -0.2) is 4.79 Å². The molecule has 0 aliphatic carbocycles. The number of aromatic amines is 1. The third-order valence-electron chi connectivity index (χ3n) is 5.98. The standard InChI is InChI=1S/C19H26N4O2/c1-3-22-10-4-6-16(22)17-7-5-11-23(17)18(24)13-8-9-15-14(12-13)20-19(25)21(15)2/h8-9,12,16-17H,3-7,10-11H2,1-2H3,(H,20,25)/t16-,17+/m0/s1. The lowest BCUT2D eigenvalue weighted by molar-refractivity contribution is 0.0650. The van der Waals surface area contributed by atoms with Crippen molar-refractivity contribution in [3.63, 3.8) is 0 Å². The Balaban J connectivity index is 1.62. The number of imidazole rings is 1. The van der Waals surface area contributed by atoms with E-state index in [2.05, 4.69) is 21.7 Å². The van der Waals surface area contributed by atoms with E-state index in [9.17, 15) is 9.59 Å². The summed E-state index contributed by atoms with van der Waals surface area (Å²) < 4.78 is 1.57. The molecule has 0 saturated carbocycles. The molecular weight excluding hydrogens is 316 g/mol. The van der Waals surface area contributed by atoms with Crippen LogP contribution < -0.4 is 5.69 Å². The molecule has 0 spiro atoms. The van der Waals surface area contributed by atoms with Crippen LogP contribution in [0.5, 0.6) is 0 Å². The van der Waals surface area contributed by atoms with Gasteiger partial charge in [-0.15, -0.1) is 0 Å². The van der Waals surface area contributed by atoms with Crippen LogP contribution in [-0.4, -0.2) is 57.0 Å². The molecule has 134 valence electrons. The molecule has 1 amide bonds. The first-order chi connectivity index (χ1) is 12.1. The Kier molecular flexibility index (Phi) is 4.15. The lowest BCUT2D eigenvalue weighted by Crippen LogP contribution is -2.48. The van der Waals surface area contributed by atoms with Crippen molar-refractivity contribution in [3.8, 4) is 0 Å². The summed E-state index contributed by atoms with van der Waals surface area (Å²) in [6.07, 6.45) is 4.59. The maximum Gasteiger partial charge on any atom is 0.326 e. The highest BCUT2D eigenvalue weighted by molar-refractivity contribution is 5.97. The number of carbonyl (C=O) groups is 1. The first kappa shape index (κ1) is 16.4. The van der Waals surface area contributed by atoms with Crippen LogP contribution in [0.3, 0.4) is 0 Å². The molecule has 2 fully saturated rings. The zero-order valence-electron chi connectivity index (χ0n) is 15.0. The number of nitrogens with one attached hydrogen (secondary N) is 1. The number of amides is 1. The summed E-state index contributed by atoms with van der Waals surface area (Å²) >= 11 is 0. The number of hydrogen-bond donors (Lipinski definition) is 1. The summed E-state index contributed by atoms with van der Waals surface area (Å²) in [5.41, 5.74) is 2.07. The van der Waals surface area contributed by atoms with Crippen molar-refractivity contribution in [2.24, 2.45) is 7.05 Å². The largest absolute Gasteiger partial charge is 0.334 e. The second kappa shape index (κ2) is 6.33. The topological polar surface area (TPSA) is 61.3 Å². The summed E-state index contributed by atoms with van der Waals surface area (Å²) in [5, 5.41) is 0. The van der Waals surface area contributed by atoms with Gasteiger partial charge in [-0.2, -0.15) is 0 Å². The number of likely N-dealkylation sites (tertiary alicyclic amines) is 2. The molecule has 1 aromatic heterocycles. The van der Waals surface area contributed by atoms with E-state index in [0.717, 1.165) is 43.5 Å². The smallest absolute Gasteiger partial charge is 0.326 e. The lowest BCUT2D eigenvalue weighted by atomic mass is 10.0. The van der Waals surface area contributed by atoms with Crippen molar-refractivity contribution in [2.75, 3.05) is 19.6 Å². The average molecular weight is 342 g/mol. The van der Waals surface area contributed by atoms with Crippen molar-refractivity contribution < 1.29 is 4.79 Å². The Morgan fingerprint density at radius 3 is 2.76 bits per heavy atom. The molecule has 4 rings (SSSR count). The molecular formula is C19H26N4O2. The van der Waals surface area contributed by atoms with Crippen molar-refractivity contribution >= 4 is 16.9 Å². The quantitative estimate of drug-likeness (QED) is 0.927. The van der Waals surface area contributed by atoms with Crippen LogP contribution in [0.15, 0.2) is 23.0 Å². The molecule has 0 unspecified atom stereocenters. The predicted molar refractivity (Wildman–Crippen MR) is 97.9 cm³/mol. The second-order valence-electron chi connectivity index (χ2n) is 7.27. The Labute approximate surface area is 147 Å². The number of nitrogens with zero attached hydrogens (tertiary/aromatic N) is 3. The van der Waals surface area contributed by atoms with Crippen LogP contribution in [0.25, 0.3) is 11.0 Å². The fraction of sp³-hybridized carbons (Fsp3) is 0.579. The number of likely N-dealkylation sites (N-methyl/N-ethyl adjacent to an activating group) is 1. The summed E-state index contributed by atoms with van der Waals surface area (Å²) in [6, 6.07) is 6.34. The van der Waals surface area contributed by atoms with Crippen LogP contribution >= 0.6 is 0 Å². The SMILES string of the molecule is CCN1CCC[C@H]1[C@H]1CCCN1C(=O)c1ccc2c(c1)[nH]c(=O)n2C. The summed E-state index contributed by atoms with van der Waals surface area (Å²) in [5.74, 6) is 0.0945. The highest BCUT2D eigenvalue weighted by Crippen LogP contribution is 2.31. The third-order valence-corrected chi connectivity index (χ3v) is 5.98. The Morgan fingerprint density at radius 1 is 1.20 bits per heavy atom. The number of H-pyrrole nitrogens is 1. The number of rotatable bonds is 3. The van der Waals surface area contributed by atoms with E-state index >= 15 is 0 Å². The average Bonchev–Trinajstić information content (AvgIpc) is 3.33. The monoisotopic (exact) mass is 342 g/mol. The molecule has 2 atom stereocenters. The molecule has 1 N–H and O–H groups in total.